The molecule has 1 aromatic carbocycles. The standard InChI is InChI=1S/C18H20Cl2N4O/c1-10-6-17(22-24(10)12-3-4-14(19)15(20)7-12)18(25)23-8-11-2-5-16(21)13(11)9-23/h3-4,6-7,11,13,16H,2,5,8-9,21H2,1H3. The van der Waals surface area contributed by atoms with Gasteiger partial charge < -0.3 is 10.6 Å². The molecule has 2 aliphatic rings. The van der Waals surface area contributed by atoms with Gasteiger partial charge in [0, 0.05) is 24.8 Å². The first-order valence-corrected chi connectivity index (χ1v) is 9.26. The molecule has 0 spiro atoms. The van der Waals surface area contributed by atoms with Gasteiger partial charge in [0.05, 0.1) is 15.7 Å². The van der Waals surface area contributed by atoms with Crippen molar-refractivity contribution in [2.24, 2.45) is 17.6 Å². The van der Waals surface area contributed by atoms with Crippen LogP contribution in [-0.4, -0.2) is 39.7 Å². The number of aryl methyl sites for hydroxylation is 1. The summed E-state index contributed by atoms with van der Waals surface area (Å²) in [5, 5.41) is 5.45. The molecule has 1 aromatic heterocycles. The highest BCUT2D eigenvalue weighted by molar-refractivity contribution is 6.42. The molecule has 2 heterocycles. The van der Waals surface area contributed by atoms with Gasteiger partial charge in [-0.05, 0) is 55.9 Å². The Morgan fingerprint density at radius 3 is 2.72 bits per heavy atom. The summed E-state index contributed by atoms with van der Waals surface area (Å²) in [4.78, 5) is 14.8. The minimum atomic E-state index is -0.0245. The van der Waals surface area contributed by atoms with E-state index in [2.05, 4.69) is 5.10 Å². The zero-order valence-electron chi connectivity index (χ0n) is 14.0. The highest BCUT2D eigenvalue weighted by Gasteiger charge is 2.43. The summed E-state index contributed by atoms with van der Waals surface area (Å²) < 4.78 is 1.72. The smallest absolute Gasteiger partial charge is 0.274 e. The van der Waals surface area contributed by atoms with Crippen LogP contribution in [0.2, 0.25) is 10.0 Å². The number of aromatic nitrogens is 2. The van der Waals surface area contributed by atoms with E-state index in [1.165, 1.54) is 0 Å². The molecule has 1 amide bonds. The third-order valence-electron chi connectivity index (χ3n) is 5.45. The van der Waals surface area contributed by atoms with Crippen LogP contribution in [0.5, 0.6) is 0 Å². The maximum atomic E-state index is 12.9. The molecule has 1 saturated heterocycles. The monoisotopic (exact) mass is 378 g/mol. The molecule has 25 heavy (non-hydrogen) atoms. The van der Waals surface area contributed by atoms with Crippen LogP contribution in [0.15, 0.2) is 24.3 Å². The molecule has 132 valence electrons. The average Bonchev–Trinajstić information content (AvgIpc) is 3.26. The van der Waals surface area contributed by atoms with Gasteiger partial charge in [0.1, 0.15) is 0 Å². The van der Waals surface area contributed by atoms with Crippen molar-refractivity contribution in [2.75, 3.05) is 13.1 Å². The van der Waals surface area contributed by atoms with E-state index in [1.807, 2.05) is 24.0 Å². The van der Waals surface area contributed by atoms with E-state index in [9.17, 15) is 4.79 Å². The lowest BCUT2D eigenvalue weighted by Crippen LogP contribution is -2.33. The van der Waals surface area contributed by atoms with Gasteiger partial charge in [-0.25, -0.2) is 4.68 Å². The number of likely N-dealkylation sites (tertiary alicyclic amines) is 1. The Bertz CT molecular complexity index is 834. The molecule has 4 rings (SSSR count). The first-order valence-electron chi connectivity index (χ1n) is 8.51. The second-order valence-electron chi connectivity index (χ2n) is 7.06. The van der Waals surface area contributed by atoms with Gasteiger partial charge >= 0.3 is 0 Å². The van der Waals surface area contributed by atoms with Crippen LogP contribution in [0, 0.1) is 18.8 Å². The summed E-state index contributed by atoms with van der Waals surface area (Å²) in [7, 11) is 0. The third-order valence-corrected chi connectivity index (χ3v) is 6.19. The molecule has 3 atom stereocenters. The van der Waals surface area contributed by atoms with E-state index in [4.69, 9.17) is 28.9 Å². The van der Waals surface area contributed by atoms with Crippen LogP contribution < -0.4 is 5.73 Å². The van der Waals surface area contributed by atoms with Crippen molar-refractivity contribution in [3.05, 3.63) is 45.7 Å². The van der Waals surface area contributed by atoms with Gasteiger partial charge in [-0.1, -0.05) is 23.2 Å². The Kier molecular flexibility index (Phi) is 4.26. The zero-order valence-corrected chi connectivity index (χ0v) is 15.5. The molecular formula is C18H20Cl2N4O. The van der Waals surface area contributed by atoms with Crippen LogP contribution in [0.3, 0.4) is 0 Å². The molecule has 5 nitrogen and oxygen atoms in total. The van der Waals surface area contributed by atoms with Crippen LogP contribution in [0.4, 0.5) is 0 Å². The fraction of sp³-hybridized carbons (Fsp3) is 0.444. The van der Waals surface area contributed by atoms with E-state index in [0.717, 1.165) is 37.3 Å². The lowest BCUT2D eigenvalue weighted by Gasteiger charge is -2.17. The van der Waals surface area contributed by atoms with Crippen molar-refractivity contribution >= 4 is 29.1 Å². The highest BCUT2D eigenvalue weighted by atomic mass is 35.5. The summed E-state index contributed by atoms with van der Waals surface area (Å²) in [6.07, 6.45) is 2.19. The summed E-state index contributed by atoms with van der Waals surface area (Å²) >= 11 is 12.1. The maximum Gasteiger partial charge on any atom is 0.274 e. The molecular weight excluding hydrogens is 359 g/mol. The number of amides is 1. The van der Waals surface area contributed by atoms with E-state index >= 15 is 0 Å². The SMILES string of the molecule is Cc1cc(C(=O)N2CC3CCC(N)C3C2)nn1-c1ccc(Cl)c(Cl)c1. The largest absolute Gasteiger partial charge is 0.337 e. The zero-order chi connectivity index (χ0) is 17.7. The van der Waals surface area contributed by atoms with Crippen LogP contribution in [0.25, 0.3) is 5.69 Å². The van der Waals surface area contributed by atoms with Crippen LogP contribution >= 0.6 is 23.2 Å². The third kappa shape index (κ3) is 2.94. The van der Waals surface area contributed by atoms with Gasteiger partial charge in [0.25, 0.3) is 5.91 Å². The van der Waals surface area contributed by atoms with Crippen LogP contribution in [0.1, 0.15) is 29.0 Å². The van der Waals surface area contributed by atoms with Gasteiger partial charge in [0.2, 0.25) is 0 Å². The van der Waals surface area contributed by atoms with Crippen LogP contribution in [-0.2, 0) is 0 Å². The maximum absolute atomic E-state index is 12.9. The molecule has 2 N–H and O–H groups in total. The lowest BCUT2D eigenvalue weighted by atomic mass is 9.98. The fourth-order valence-corrected chi connectivity index (χ4v) is 4.38. The van der Waals surface area contributed by atoms with Crippen molar-refractivity contribution in [2.45, 2.75) is 25.8 Å². The minimum absolute atomic E-state index is 0.0245. The topological polar surface area (TPSA) is 64.2 Å². The number of rotatable bonds is 2. The van der Waals surface area contributed by atoms with Crippen molar-refractivity contribution < 1.29 is 4.79 Å². The van der Waals surface area contributed by atoms with E-state index < -0.39 is 0 Å². The first-order chi connectivity index (χ1) is 11.9. The van der Waals surface area contributed by atoms with Crippen molar-refractivity contribution in [3.63, 3.8) is 0 Å². The number of fused-ring (bicyclic) bond motifs is 1. The quantitative estimate of drug-likeness (QED) is 0.871. The molecule has 2 fully saturated rings. The fourth-order valence-electron chi connectivity index (χ4n) is 4.09. The lowest BCUT2D eigenvalue weighted by molar-refractivity contribution is 0.0773. The first kappa shape index (κ1) is 16.9. The molecule has 1 saturated carbocycles. The number of nitrogens with zero attached hydrogens (tertiary/aromatic N) is 3. The Morgan fingerprint density at radius 2 is 2.00 bits per heavy atom. The summed E-state index contributed by atoms with van der Waals surface area (Å²) in [6, 6.07) is 7.35. The van der Waals surface area contributed by atoms with Crippen molar-refractivity contribution in [1.82, 2.24) is 14.7 Å². The number of hydrogen-bond donors (Lipinski definition) is 1. The van der Waals surface area contributed by atoms with Gasteiger partial charge in [-0.2, -0.15) is 5.10 Å². The van der Waals surface area contributed by atoms with Crippen molar-refractivity contribution in [1.29, 1.82) is 0 Å². The Labute approximate surface area is 156 Å². The number of benzene rings is 1. The Balaban J connectivity index is 1.58. The molecule has 1 aliphatic carbocycles. The summed E-state index contributed by atoms with van der Waals surface area (Å²) in [5.41, 5.74) is 8.28. The van der Waals surface area contributed by atoms with E-state index in [-0.39, 0.29) is 11.9 Å². The van der Waals surface area contributed by atoms with E-state index in [1.54, 1.807) is 16.8 Å². The number of hydrogen-bond acceptors (Lipinski definition) is 3. The number of carbonyl (C=O) groups excluding carboxylic acids is 1. The predicted octanol–water partition coefficient (Wildman–Crippen LogP) is 3.30. The van der Waals surface area contributed by atoms with Gasteiger partial charge in [0.15, 0.2) is 5.69 Å². The Hall–Kier alpha value is -1.56. The highest BCUT2D eigenvalue weighted by Crippen LogP contribution is 2.37. The Morgan fingerprint density at radius 1 is 1.20 bits per heavy atom. The molecule has 1 aliphatic heterocycles. The predicted molar refractivity (Wildman–Crippen MR) is 98.4 cm³/mol. The second-order valence-corrected chi connectivity index (χ2v) is 7.87. The molecule has 3 unspecified atom stereocenters. The molecule has 7 heteroatoms. The number of carbonyl (C=O) groups is 1. The van der Waals surface area contributed by atoms with E-state index in [0.29, 0.717) is 27.6 Å². The molecule has 2 aromatic rings. The minimum Gasteiger partial charge on any atom is -0.337 e. The van der Waals surface area contributed by atoms with Gasteiger partial charge in [-0.15, -0.1) is 0 Å². The van der Waals surface area contributed by atoms with Crippen molar-refractivity contribution in [3.8, 4) is 5.69 Å². The molecule has 0 bridgehead atoms. The summed E-state index contributed by atoms with van der Waals surface area (Å²) in [5.74, 6) is 0.947. The molecule has 0 radical (unpaired) electrons. The number of nitrogens with two attached hydrogens (primary N) is 1. The normalized spacial score (nSPS) is 25.4. The second kappa shape index (κ2) is 6.31. The number of halogens is 2. The van der Waals surface area contributed by atoms with Gasteiger partial charge in [-0.3, -0.25) is 4.79 Å². The average molecular weight is 379 g/mol. The summed E-state index contributed by atoms with van der Waals surface area (Å²) in [6.45, 7) is 3.44.